The number of halogens is 1. The molecule has 1 aromatic rings. The number of carboxylic acid groups (broad SMARTS) is 1. The first-order valence-electron chi connectivity index (χ1n) is 5.67. The summed E-state index contributed by atoms with van der Waals surface area (Å²) in [6, 6.07) is 7.08. The van der Waals surface area contributed by atoms with E-state index in [2.05, 4.69) is 0 Å². The lowest BCUT2D eigenvalue weighted by molar-refractivity contribution is -0.143. The fourth-order valence-electron chi connectivity index (χ4n) is 1.81. The molecule has 0 aliphatic heterocycles. The fraction of sp³-hybridized carbons (Fsp3) is 0.462. The first kappa shape index (κ1) is 15.0. The molecular weight excluding hydrogens is 256 g/mol. The van der Waals surface area contributed by atoms with Gasteiger partial charge in [0.1, 0.15) is 0 Å². The first-order valence-corrected chi connectivity index (χ1v) is 6.05. The van der Waals surface area contributed by atoms with Crippen molar-refractivity contribution in [1.29, 1.82) is 0 Å². The van der Waals surface area contributed by atoms with Crippen LogP contribution in [0.25, 0.3) is 0 Å². The molecular formula is C13H17ClO4. The summed E-state index contributed by atoms with van der Waals surface area (Å²) >= 11 is 5.85. The normalized spacial score (nSPS) is 14.2. The highest BCUT2D eigenvalue weighted by Gasteiger charge is 2.21. The second-order valence-electron chi connectivity index (χ2n) is 4.21. The van der Waals surface area contributed by atoms with E-state index in [1.807, 2.05) is 6.07 Å². The molecule has 2 unspecified atom stereocenters. The van der Waals surface area contributed by atoms with Crippen LogP contribution in [0, 0.1) is 5.92 Å². The number of rotatable bonds is 7. The van der Waals surface area contributed by atoms with Crippen molar-refractivity contribution in [3.8, 4) is 0 Å². The lowest BCUT2D eigenvalue weighted by atomic mass is 9.94. The number of benzene rings is 1. The highest BCUT2D eigenvalue weighted by Crippen LogP contribution is 2.18. The number of aliphatic hydroxyl groups is 1. The van der Waals surface area contributed by atoms with Gasteiger partial charge in [-0.15, -0.1) is 0 Å². The minimum atomic E-state index is -0.926. The molecule has 100 valence electrons. The molecule has 0 bridgehead atoms. The molecule has 0 aliphatic rings. The van der Waals surface area contributed by atoms with Crippen LogP contribution in [-0.4, -0.2) is 36.0 Å². The van der Waals surface area contributed by atoms with Crippen LogP contribution in [0.15, 0.2) is 24.3 Å². The highest BCUT2D eigenvalue weighted by atomic mass is 35.5. The molecule has 0 aliphatic carbocycles. The van der Waals surface area contributed by atoms with Crippen LogP contribution in [-0.2, 0) is 16.0 Å². The number of aliphatic carboxylic acids is 1. The van der Waals surface area contributed by atoms with Gasteiger partial charge in [0, 0.05) is 12.1 Å². The lowest BCUT2D eigenvalue weighted by Gasteiger charge is -2.16. The number of hydrogen-bond donors (Lipinski definition) is 2. The fourth-order valence-corrected chi connectivity index (χ4v) is 2.02. The standard InChI is InChI=1S/C13H17ClO4/c1-18-8-12(15)7-10(13(16)17)5-9-3-2-4-11(14)6-9/h2-4,6,10,12,15H,5,7-8H2,1H3,(H,16,17). The molecule has 0 radical (unpaired) electrons. The summed E-state index contributed by atoms with van der Waals surface area (Å²) in [4.78, 5) is 11.1. The van der Waals surface area contributed by atoms with Crippen molar-refractivity contribution in [3.63, 3.8) is 0 Å². The molecule has 18 heavy (non-hydrogen) atoms. The first-order chi connectivity index (χ1) is 8.52. The predicted octanol–water partition coefficient (Wildman–Crippen LogP) is 1.98. The molecule has 0 aromatic heterocycles. The molecule has 4 nitrogen and oxygen atoms in total. The molecule has 0 fully saturated rings. The average molecular weight is 273 g/mol. The van der Waals surface area contributed by atoms with Crippen molar-refractivity contribution in [2.45, 2.75) is 18.9 Å². The van der Waals surface area contributed by atoms with Gasteiger partial charge in [-0.2, -0.15) is 0 Å². The Bertz CT molecular complexity index is 394. The van der Waals surface area contributed by atoms with Gasteiger partial charge >= 0.3 is 5.97 Å². The van der Waals surface area contributed by atoms with Gasteiger partial charge in [0.05, 0.1) is 18.6 Å². The smallest absolute Gasteiger partial charge is 0.306 e. The molecule has 0 heterocycles. The van der Waals surface area contributed by atoms with Crippen LogP contribution < -0.4 is 0 Å². The lowest BCUT2D eigenvalue weighted by Crippen LogP contribution is -2.25. The van der Waals surface area contributed by atoms with Crippen LogP contribution in [0.4, 0.5) is 0 Å². The van der Waals surface area contributed by atoms with Gasteiger partial charge in [0.25, 0.3) is 0 Å². The molecule has 0 spiro atoms. The summed E-state index contributed by atoms with van der Waals surface area (Å²) in [5, 5.41) is 19.3. The van der Waals surface area contributed by atoms with Gasteiger partial charge in [-0.05, 0) is 30.5 Å². The summed E-state index contributed by atoms with van der Waals surface area (Å²) in [7, 11) is 1.47. The van der Waals surface area contributed by atoms with Gasteiger partial charge < -0.3 is 14.9 Å². The maximum Gasteiger partial charge on any atom is 0.306 e. The largest absolute Gasteiger partial charge is 0.481 e. The third-order valence-corrected chi connectivity index (χ3v) is 2.87. The zero-order valence-electron chi connectivity index (χ0n) is 10.2. The summed E-state index contributed by atoms with van der Waals surface area (Å²) < 4.78 is 4.79. The molecule has 2 atom stereocenters. The summed E-state index contributed by atoms with van der Waals surface area (Å²) in [6.45, 7) is 0.138. The van der Waals surface area contributed by atoms with Crippen LogP contribution in [0.2, 0.25) is 5.02 Å². The van der Waals surface area contributed by atoms with Crippen LogP contribution in [0.3, 0.4) is 0 Å². The number of carboxylic acids is 1. The van der Waals surface area contributed by atoms with Crippen LogP contribution in [0.1, 0.15) is 12.0 Å². The van der Waals surface area contributed by atoms with Gasteiger partial charge in [-0.3, -0.25) is 4.79 Å². The Hall–Kier alpha value is -1.10. The second-order valence-corrected chi connectivity index (χ2v) is 4.65. The van der Waals surface area contributed by atoms with E-state index in [-0.39, 0.29) is 13.0 Å². The van der Waals surface area contributed by atoms with E-state index in [1.54, 1.807) is 18.2 Å². The third-order valence-electron chi connectivity index (χ3n) is 2.64. The Labute approximate surface area is 111 Å². The van der Waals surface area contributed by atoms with E-state index in [0.717, 1.165) is 5.56 Å². The summed E-state index contributed by atoms with van der Waals surface area (Å²) in [6.07, 6.45) is -0.262. The summed E-state index contributed by atoms with van der Waals surface area (Å²) in [5.74, 6) is -1.57. The molecule has 0 amide bonds. The van der Waals surface area contributed by atoms with Gasteiger partial charge in [0.15, 0.2) is 0 Å². The van der Waals surface area contributed by atoms with E-state index >= 15 is 0 Å². The number of methoxy groups -OCH3 is 1. The van der Waals surface area contributed by atoms with E-state index in [4.69, 9.17) is 21.4 Å². The van der Waals surface area contributed by atoms with Crippen LogP contribution in [0.5, 0.6) is 0 Å². The van der Waals surface area contributed by atoms with Gasteiger partial charge in [-0.1, -0.05) is 23.7 Å². The molecule has 2 N–H and O–H groups in total. The van der Waals surface area contributed by atoms with Crippen molar-refractivity contribution in [3.05, 3.63) is 34.9 Å². The van der Waals surface area contributed by atoms with E-state index in [0.29, 0.717) is 11.4 Å². The Morgan fingerprint density at radius 2 is 2.22 bits per heavy atom. The van der Waals surface area contributed by atoms with Gasteiger partial charge in [0.2, 0.25) is 0 Å². The Morgan fingerprint density at radius 1 is 1.50 bits per heavy atom. The quantitative estimate of drug-likeness (QED) is 0.796. The number of ether oxygens (including phenoxy) is 1. The Kier molecular flexibility index (Phi) is 6.12. The Balaban J connectivity index is 2.66. The summed E-state index contributed by atoms with van der Waals surface area (Å²) in [5.41, 5.74) is 0.847. The predicted molar refractivity (Wildman–Crippen MR) is 68.8 cm³/mol. The number of hydrogen-bond acceptors (Lipinski definition) is 3. The minimum absolute atomic E-state index is 0.138. The topological polar surface area (TPSA) is 66.8 Å². The van der Waals surface area contributed by atoms with E-state index in [9.17, 15) is 9.90 Å². The van der Waals surface area contributed by atoms with Crippen LogP contribution >= 0.6 is 11.6 Å². The van der Waals surface area contributed by atoms with Crippen molar-refractivity contribution in [2.75, 3.05) is 13.7 Å². The van der Waals surface area contributed by atoms with Crippen molar-refractivity contribution in [2.24, 2.45) is 5.92 Å². The monoisotopic (exact) mass is 272 g/mol. The zero-order chi connectivity index (χ0) is 13.5. The molecule has 5 heteroatoms. The van der Waals surface area contributed by atoms with Crippen molar-refractivity contribution >= 4 is 17.6 Å². The third kappa shape index (κ3) is 5.04. The minimum Gasteiger partial charge on any atom is -0.481 e. The second kappa shape index (κ2) is 7.36. The van der Waals surface area contributed by atoms with E-state index in [1.165, 1.54) is 7.11 Å². The maximum absolute atomic E-state index is 11.1. The molecule has 0 saturated heterocycles. The van der Waals surface area contributed by atoms with E-state index < -0.39 is 18.0 Å². The number of aliphatic hydroxyl groups excluding tert-OH is 1. The SMILES string of the molecule is COCC(O)CC(Cc1cccc(Cl)c1)C(=O)O. The van der Waals surface area contributed by atoms with Crippen molar-refractivity contribution in [1.82, 2.24) is 0 Å². The molecule has 1 aromatic carbocycles. The molecule has 1 rings (SSSR count). The Morgan fingerprint density at radius 3 is 2.78 bits per heavy atom. The maximum atomic E-state index is 11.1. The van der Waals surface area contributed by atoms with Gasteiger partial charge in [-0.25, -0.2) is 0 Å². The van der Waals surface area contributed by atoms with Crippen molar-refractivity contribution < 1.29 is 19.7 Å². The highest BCUT2D eigenvalue weighted by molar-refractivity contribution is 6.30. The molecule has 0 saturated carbocycles. The zero-order valence-corrected chi connectivity index (χ0v) is 10.9. The average Bonchev–Trinajstić information content (AvgIpc) is 2.28. The number of carbonyl (C=O) groups is 1.